The summed E-state index contributed by atoms with van der Waals surface area (Å²) >= 11 is 0. The van der Waals surface area contributed by atoms with Gasteiger partial charge in [0.05, 0.1) is 16.8 Å². The molecule has 1 radical (unpaired) electrons. The van der Waals surface area contributed by atoms with Crippen molar-refractivity contribution in [3.63, 3.8) is 0 Å². The molecular formula is C15H22BO4. The summed E-state index contributed by atoms with van der Waals surface area (Å²) in [6, 6.07) is 3.52. The number of rotatable bonds is 5. The van der Waals surface area contributed by atoms with Gasteiger partial charge >= 0.3 is 13.5 Å². The van der Waals surface area contributed by atoms with Gasteiger partial charge in [0.15, 0.2) is 0 Å². The number of aromatic carboxylic acids is 1. The second-order valence-electron chi connectivity index (χ2n) is 6.14. The minimum absolute atomic E-state index is 0.323. The molecule has 0 fully saturated rings. The largest absolute Gasteiger partial charge is 0.478 e. The molecule has 2 N–H and O–H groups in total. The van der Waals surface area contributed by atoms with E-state index in [0.29, 0.717) is 16.7 Å². The molecule has 0 spiro atoms. The van der Waals surface area contributed by atoms with Crippen molar-refractivity contribution in [1.82, 2.24) is 0 Å². The highest BCUT2D eigenvalue weighted by Gasteiger charge is 2.35. The molecular weight excluding hydrogens is 255 g/mol. The monoisotopic (exact) mass is 277 g/mol. The molecule has 0 aliphatic carbocycles. The molecule has 0 atom stereocenters. The first kappa shape index (κ1) is 16.7. The lowest BCUT2D eigenvalue weighted by Crippen LogP contribution is -2.49. The summed E-state index contributed by atoms with van der Waals surface area (Å²) in [6.07, 6.45) is 0. The average molecular weight is 277 g/mol. The Kier molecular flexibility index (Phi) is 4.67. The predicted molar refractivity (Wildman–Crippen MR) is 79.7 cm³/mol. The molecule has 0 saturated heterocycles. The van der Waals surface area contributed by atoms with Gasteiger partial charge in [0.25, 0.3) is 0 Å². The number of aliphatic hydroxyl groups is 1. The lowest BCUT2D eigenvalue weighted by molar-refractivity contribution is -0.0893. The fourth-order valence-corrected chi connectivity index (χ4v) is 1.76. The molecule has 20 heavy (non-hydrogen) atoms. The topological polar surface area (TPSA) is 66.8 Å². The Bertz CT molecular complexity index is 492. The van der Waals surface area contributed by atoms with Gasteiger partial charge in [-0.05, 0) is 52.7 Å². The van der Waals surface area contributed by atoms with Crippen LogP contribution in [0.25, 0.3) is 0 Å². The van der Waals surface area contributed by atoms with E-state index in [9.17, 15) is 9.90 Å². The van der Waals surface area contributed by atoms with Crippen molar-refractivity contribution in [2.75, 3.05) is 0 Å². The van der Waals surface area contributed by atoms with E-state index in [1.807, 2.05) is 0 Å². The molecule has 0 heterocycles. The Hall–Kier alpha value is -1.33. The SMILES string of the molecule is Cc1cc([B]OC(C)(C)C(C)(C)O)cc(C)c1C(=O)O. The van der Waals surface area contributed by atoms with E-state index in [0.717, 1.165) is 5.46 Å². The zero-order chi connectivity index (χ0) is 15.7. The van der Waals surface area contributed by atoms with Gasteiger partial charge in [0.1, 0.15) is 0 Å². The minimum Gasteiger partial charge on any atom is -0.478 e. The van der Waals surface area contributed by atoms with E-state index < -0.39 is 17.2 Å². The number of aryl methyl sites for hydroxylation is 2. The summed E-state index contributed by atoms with van der Waals surface area (Å²) in [6.45, 7) is 10.5. The van der Waals surface area contributed by atoms with Crippen LogP contribution in [0.5, 0.6) is 0 Å². The van der Waals surface area contributed by atoms with E-state index in [1.54, 1.807) is 61.2 Å². The number of carbonyl (C=O) groups is 1. The molecule has 4 nitrogen and oxygen atoms in total. The second-order valence-corrected chi connectivity index (χ2v) is 6.14. The van der Waals surface area contributed by atoms with Crippen molar-refractivity contribution >= 4 is 18.9 Å². The third kappa shape index (κ3) is 3.61. The predicted octanol–water partition coefficient (Wildman–Crippen LogP) is 1.81. The standard InChI is InChI=1S/C15H22BO4/c1-9-7-11(8-10(2)12(9)13(17)18)16-20-15(5,6)14(3,4)19/h7-8,19H,1-6H3,(H,17,18). The molecule has 0 aromatic heterocycles. The summed E-state index contributed by atoms with van der Waals surface area (Å²) in [4.78, 5) is 11.1. The normalized spacial score (nSPS) is 12.3. The quantitative estimate of drug-likeness (QED) is 0.805. The first-order valence-electron chi connectivity index (χ1n) is 6.53. The summed E-state index contributed by atoms with van der Waals surface area (Å²) in [5, 5.41) is 19.2. The third-order valence-corrected chi connectivity index (χ3v) is 3.73. The Morgan fingerprint density at radius 2 is 1.60 bits per heavy atom. The van der Waals surface area contributed by atoms with Crippen molar-refractivity contribution in [2.45, 2.75) is 52.7 Å². The van der Waals surface area contributed by atoms with Gasteiger partial charge < -0.3 is 14.9 Å². The smallest absolute Gasteiger partial charge is 0.336 e. The maximum atomic E-state index is 11.1. The minimum atomic E-state index is -0.991. The van der Waals surface area contributed by atoms with E-state index in [2.05, 4.69) is 0 Å². The Labute approximate surface area is 121 Å². The molecule has 0 amide bonds. The lowest BCUT2D eigenvalue weighted by atomic mass is 9.80. The van der Waals surface area contributed by atoms with Gasteiger partial charge in [0, 0.05) is 0 Å². The van der Waals surface area contributed by atoms with Crippen LogP contribution in [0.15, 0.2) is 12.1 Å². The average Bonchev–Trinajstić information content (AvgIpc) is 2.23. The van der Waals surface area contributed by atoms with E-state index in [4.69, 9.17) is 9.76 Å². The second kappa shape index (κ2) is 5.58. The van der Waals surface area contributed by atoms with Gasteiger partial charge in [0.2, 0.25) is 0 Å². The molecule has 0 aliphatic rings. The van der Waals surface area contributed by atoms with Gasteiger partial charge in [-0.15, -0.1) is 0 Å². The number of hydrogen-bond donors (Lipinski definition) is 2. The van der Waals surface area contributed by atoms with E-state index in [1.165, 1.54) is 0 Å². The van der Waals surface area contributed by atoms with Crippen LogP contribution in [0.1, 0.15) is 49.2 Å². The Morgan fingerprint density at radius 1 is 1.15 bits per heavy atom. The molecule has 0 aliphatic heterocycles. The highest BCUT2D eigenvalue weighted by Crippen LogP contribution is 2.24. The van der Waals surface area contributed by atoms with Crippen molar-refractivity contribution in [1.29, 1.82) is 0 Å². The van der Waals surface area contributed by atoms with E-state index in [-0.39, 0.29) is 0 Å². The van der Waals surface area contributed by atoms with Crippen LogP contribution in [-0.4, -0.2) is 34.9 Å². The number of carboxylic acids is 1. The zero-order valence-electron chi connectivity index (χ0n) is 12.9. The molecule has 5 heteroatoms. The van der Waals surface area contributed by atoms with Gasteiger partial charge in [-0.3, -0.25) is 0 Å². The molecule has 0 bridgehead atoms. The molecule has 0 saturated carbocycles. The molecule has 0 unspecified atom stereocenters. The summed E-state index contributed by atoms with van der Waals surface area (Å²) in [5.41, 5.74) is 0.738. The molecule has 1 aromatic rings. The van der Waals surface area contributed by atoms with Crippen molar-refractivity contribution < 1.29 is 19.7 Å². The molecule has 1 aromatic carbocycles. The zero-order valence-corrected chi connectivity index (χ0v) is 12.9. The van der Waals surface area contributed by atoms with Crippen LogP contribution in [0.3, 0.4) is 0 Å². The van der Waals surface area contributed by atoms with E-state index >= 15 is 0 Å². The van der Waals surface area contributed by atoms with Crippen LogP contribution < -0.4 is 5.46 Å². The van der Waals surface area contributed by atoms with Gasteiger partial charge in [-0.1, -0.05) is 17.6 Å². The molecule has 1 rings (SSSR count). The van der Waals surface area contributed by atoms with Crippen molar-refractivity contribution in [3.05, 3.63) is 28.8 Å². The fraction of sp³-hybridized carbons (Fsp3) is 0.533. The van der Waals surface area contributed by atoms with Crippen LogP contribution in [0.2, 0.25) is 0 Å². The maximum Gasteiger partial charge on any atom is 0.336 e. The van der Waals surface area contributed by atoms with Crippen LogP contribution in [-0.2, 0) is 4.65 Å². The van der Waals surface area contributed by atoms with Crippen molar-refractivity contribution in [3.8, 4) is 0 Å². The lowest BCUT2D eigenvalue weighted by Gasteiger charge is -2.37. The third-order valence-electron chi connectivity index (χ3n) is 3.73. The summed E-state index contributed by atoms with van der Waals surface area (Å²) in [7, 11) is 1.56. The number of benzene rings is 1. The van der Waals surface area contributed by atoms with Crippen LogP contribution in [0, 0.1) is 13.8 Å². The highest BCUT2D eigenvalue weighted by atomic mass is 16.5. The first-order valence-corrected chi connectivity index (χ1v) is 6.53. The van der Waals surface area contributed by atoms with Crippen molar-refractivity contribution in [2.24, 2.45) is 0 Å². The van der Waals surface area contributed by atoms with Crippen LogP contribution in [0.4, 0.5) is 0 Å². The first-order chi connectivity index (χ1) is 8.95. The summed E-state index contributed by atoms with van der Waals surface area (Å²) in [5.74, 6) is -0.927. The Balaban J connectivity index is 2.94. The highest BCUT2D eigenvalue weighted by molar-refractivity contribution is 6.47. The Morgan fingerprint density at radius 3 is 1.95 bits per heavy atom. The van der Waals surface area contributed by atoms with Gasteiger partial charge in [-0.25, -0.2) is 4.79 Å². The fourth-order valence-electron chi connectivity index (χ4n) is 1.76. The number of hydrogen-bond acceptors (Lipinski definition) is 3. The van der Waals surface area contributed by atoms with Crippen LogP contribution >= 0.6 is 0 Å². The maximum absolute atomic E-state index is 11.1. The molecule has 109 valence electrons. The summed E-state index contributed by atoms with van der Waals surface area (Å²) < 4.78 is 5.67. The number of carboxylic acid groups (broad SMARTS) is 1. The van der Waals surface area contributed by atoms with Gasteiger partial charge in [-0.2, -0.15) is 0 Å².